The van der Waals surface area contributed by atoms with E-state index in [-0.39, 0.29) is 11.7 Å². The van der Waals surface area contributed by atoms with Crippen LogP contribution in [-0.4, -0.2) is 37.7 Å². The molecule has 1 N–H and O–H groups in total. The number of Topliss-reactive ketones (excluding diaryl/α,β-unsaturated/α-hetero) is 1. The zero-order valence-corrected chi connectivity index (χ0v) is 11.0. The summed E-state index contributed by atoms with van der Waals surface area (Å²) in [6, 6.07) is 5.30. The van der Waals surface area contributed by atoms with E-state index < -0.39 is 0 Å². The van der Waals surface area contributed by atoms with Gasteiger partial charge in [-0.25, -0.2) is 0 Å². The van der Waals surface area contributed by atoms with Crippen molar-refractivity contribution in [2.45, 2.75) is 11.3 Å². The van der Waals surface area contributed by atoms with E-state index in [1.165, 1.54) is 0 Å². The minimum atomic E-state index is -0.147. The van der Waals surface area contributed by atoms with Gasteiger partial charge >= 0.3 is 0 Å². The van der Waals surface area contributed by atoms with Crippen molar-refractivity contribution in [3.8, 4) is 0 Å². The highest BCUT2D eigenvalue weighted by Gasteiger charge is 2.22. The lowest BCUT2D eigenvalue weighted by Gasteiger charge is -2.17. The molecule has 18 heavy (non-hydrogen) atoms. The van der Waals surface area contributed by atoms with Crippen molar-refractivity contribution >= 4 is 23.5 Å². The van der Waals surface area contributed by atoms with Crippen LogP contribution in [-0.2, 0) is 4.74 Å². The molecule has 4 nitrogen and oxygen atoms in total. The molecule has 0 spiro atoms. The highest BCUT2D eigenvalue weighted by molar-refractivity contribution is 7.99. The van der Waals surface area contributed by atoms with Gasteiger partial charge in [0.1, 0.15) is 0 Å². The molecule has 0 saturated carbocycles. The summed E-state index contributed by atoms with van der Waals surface area (Å²) in [5.74, 6) is 0.718. The summed E-state index contributed by atoms with van der Waals surface area (Å²) >= 11 is 1.57. The highest BCUT2D eigenvalue weighted by Crippen LogP contribution is 2.32. The Balaban J connectivity index is 2.20. The average molecular weight is 265 g/mol. The standard InChI is InChI=1S/C13H15NO3S/c1-17-7-6-14-13(16)10-4-2-3-9-11(15)5-8-18-12(9)10/h2-4H,5-8H2,1H3,(H,14,16). The van der Waals surface area contributed by atoms with E-state index in [1.807, 2.05) is 0 Å². The number of thioether (sulfide) groups is 1. The predicted octanol–water partition coefficient (Wildman–Crippen LogP) is 1.74. The number of fused-ring (bicyclic) bond motifs is 1. The van der Waals surface area contributed by atoms with Crippen LogP contribution in [0.15, 0.2) is 23.1 Å². The van der Waals surface area contributed by atoms with E-state index in [0.717, 1.165) is 10.6 Å². The van der Waals surface area contributed by atoms with Crippen LogP contribution in [0.4, 0.5) is 0 Å². The number of ether oxygens (including phenoxy) is 1. The SMILES string of the molecule is COCCNC(=O)c1cccc2c1SCCC2=O. The van der Waals surface area contributed by atoms with Crippen molar-refractivity contribution in [1.29, 1.82) is 0 Å². The van der Waals surface area contributed by atoms with Crippen LogP contribution in [0.25, 0.3) is 0 Å². The number of hydrogen-bond donors (Lipinski definition) is 1. The topological polar surface area (TPSA) is 55.4 Å². The number of benzene rings is 1. The Bertz CT molecular complexity index is 473. The second kappa shape index (κ2) is 6.02. The molecule has 0 unspecified atom stereocenters. The number of methoxy groups -OCH3 is 1. The van der Waals surface area contributed by atoms with Crippen LogP contribution in [0.3, 0.4) is 0 Å². The van der Waals surface area contributed by atoms with Gasteiger partial charge in [-0.2, -0.15) is 0 Å². The van der Waals surface area contributed by atoms with E-state index in [4.69, 9.17) is 4.74 Å². The van der Waals surface area contributed by atoms with E-state index in [0.29, 0.717) is 30.7 Å². The second-order valence-electron chi connectivity index (χ2n) is 3.95. The van der Waals surface area contributed by atoms with Crippen LogP contribution in [0.2, 0.25) is 0 Å². The Morgan fingerprint density at radius 1 is 1.50 bits per heavy atom. The third-order valence-corrected chi connectivity index (χ3v) is 3.86. The Labute approximate surface area is 110 Å². The molecule has 0 fully saturated rings. The molecular formula is C13H15NO3S. The first-order valence-electron chi connectivity index (χ1n) is 5.80. The summed E-state index contributed by atoms with van der Waals surface area (Å²) in [4.78, 5) is 24.6. The Kier molecular flexibility index (Phi) is 4.38. The molecule has 1 aromatic carbocycles. The lowest BCUT2D eigenvalue weighted by molar-refractivity contribution is 0.0934. The van der Waals surface area contributed by atoms with Gasteiger partial charge in [-0.15, -0.1) is 11.8 Å². The van der Waals surface area contributed by atoms with Crippen LogP contribution in [0.5, 0.6) is 0 Å². The molecule has 1 amide bonds. The fraction of sp³-hybridized carbons (Fsp3) is 0.385. The van der Waals surface area contributed by atoms with Crippen LogP contribution >= 0.6 is 11.8 Å². The quantitative estimate of drug-likeness (QED) is 0.843. The molecule has 1 aliphatic heterocycles. The fourth-order valence-electron chi connectivity index (χ4n) is 1.83. The Hall–Kier alpha value is -1.33. The first-order chi connectivity index (χ1) is 8.74. The lowest BCUT2D eigenvalue weighted by Crippen LogP contribution is -2.28. The predicted molar refractivity (Wildman–Crippen MR) is 70.3 cm³/mol. The molecule has 0 bridgehead atoms. The summed E-state index contributed by atoms with van der Waals surface area (Å²) in [5.41, 5.74) is 1.26. The van der Waals surface area contributed by atoms with E-state index in [9.17, 15) is 9.59 Å². The lowest BCUT2D eigenvalue weighted by atomic mass is 10.0. The van der Waals surface area contributed by atoms with E-state index >= 15 is 0 Å². The summed E-state index contributed by atoms with van der Waals surface area (Å²) in [5, 5.41) is 2.78. The molecule has 1 heterocycles. The molecule has 0 radical (unpaired) electrons. The maximum Gasteiger partial charge on any atom is 0.252 e. The minimum Gasteiger partial charge on any atom is -0.383 e. The van der Waals surface area contributed by atoms with Crippen molar-refractivity contribution in [2.75, 3.05) is 26.0 Å². The van der Waals surface area contributed by atoms with E-state index in [2.05, 4.69) is 5.32 Å². The zero-order chi connectivity index (χ0) is 13.0. The summed E-state index contributed by atoms with van der Waals surface area (Å²) in [7, 11) is 1.59. The number of amides is 1. The number of ketones is 1. The number of carbonyl (C=O) groups is 2. The summed E-state index contributed by atoms with van der Waals surface area (Å²) in [6.07, 6.45) is 0.548. The maximum atomic E-state index is 12.0. The summed E-state index contributed by atoms with van der Waals surface area (Å²) < 4.78 is 4.88. The maximum absolute atomic E-state index is 12.0. The van der Waals surface area contributed by atoms with Gasteiger partial charge in [0.15, 0.2) is 5.78 Å². The first kappa shape index (κ1) is 13.1. The third kappa shape index (κ3) is 2.73. The van der Waals surface area contributed by atoms with Gasteiger partial charge in [-0.05, 0) is 6.07 Å². The monoisotopic (exact) mass is 265 g/mol. The molecule has 0 aromatic heterocycles. The number of hydrogen-bond acceptors (Lipinski definition) is 4. The van der Waals surface area contributed by atoms with Crippen molar-refractivity contribution < 1.29 is 14.3 Å². The van der Waals surface area contributed by atoms with Crippen LogP contribution < -0.4 is 5.32 Å². The van der Waals surface area contributed by atoms with Gasteiger partial charge in [0.05, 0.1) is 12.2 Å². The molecule has 1 aromatic rings. The molecule has 2 rings (SSSR count). The van der Waals surface area contributed by atoms with Gasteiger partial charge in [0.25, 0.3) is 5.91 Å². The number of nitrogens with one attached hydrogen (secondary N) is 1. The normalized spacial score (nSPS) is 14.2. The molecule has 0 saturated heterocycles. The highest BCUT2D eigenvalue weighted by atomic mass is 32.2. The van der Waals surface area contributed by atoms with Crippen molar-refractivity contribution in [3.63, 3.8) is 0 Å². The van der Waals surface area contributed by atoms with E-state index in [1.54, 1.807) is 37.1 Å². The summed E-state index contributed by atoms with van der Waals surface area (Å²) in [6.45, 7) is 0.949. The molecule has 0 aliphatic carbocycles. The minimum absolute atomic E-state index is 0.121. The zero-order valence-electron chi connectivity index (χ0n) is 10.2. The second-order valence-corrected chi connectivity index (χ2v) is 5.06. The van der Waals surface area contributed by atoms with Gasteiger partial charge in [0, 0.05) is 36.3 Å². The van der Waals surface area contributed by atoms with Crippen molar-refractivity contribution in [1.82, 2.24) is 5.32 Å². The van der Waals surface area contributed by atoms with Crippen molar-refractivity contribution in [3.05, 3.63) is 29.3 Å². The molecule has 0 atom stereocenters. The van der Waals surface area contributed by atoms with Gasteiger partial charge < -0.3 is 10.1 Å². The van der Waals surface area contributed by atoms with Gasteiger partial charge in [-0.3, -0.25) is 9.59 Å². The smallest absolute Gasteiger partial charge is 0.252 e. The fourth-order valence-corrected chi connectivity index (χ4v) is 2.98. The Morgan fingerprint density at radius 3 is 3.11 bits per heavy atom. The number of carbonyl (C=O) groups excluding carboxylic acids is 2. The van der Waals surface area contributed by atoms with Crippen LogP contribution in [0, 0.1) is 0 Å². The molecule has 5 heteroatoms. The first-order valence-corrected chi connectivity index (χ1v) is 6.78. The molecule has 96 valence electrons. The average Bonchev–Trinajstić information content (AvgIpc) is 2.39. The molecular weight excluding hydrogens is 250 g/mol. The largest absolute Gasteiger partial charge is 0.383 e. The molecule has 1 aliphatic rings. The van der Waals surface area contributed by atoms with Crippen LogP contribution in [0.1, 0.15) is 27.1 Å². The van der Waals surface area contributed by atoms with Crippen molar-refractivity contribution in [2.24, 2.45) is 0 Å². The Morgan fingerprint density at radius 2 is 2.33 bits per heavy atom. The number of rotatable bonds is 4. The van der Waals surface area contributed by atoms with Gasteiger partial charge in [0.2, 0.25) is 0 Å². The van der Waals surface area contributed by atoms with Gasteiger partial charge in [-0.1, -0.05) is 12.1 Å². The third-order valence-electron chi connectivity index (χ3n) is 2.73.